The topological polar surface area (TPSA) is 84.9 Å². The molecular formula is C11H10F3NO5. The van der Waals surface area contributed by atoms with Gasteiger partial charge in [0, 0.05) is 0 Å². The van der Waals surface area contributed by atoms with E-state index in [1.54, 1.807) is 0 Å². The molecule has 1 amide bonds. The molecule has 0 saturated carbocycles. The first-order valence-corrected chi connectivity index (χ1v) is 5.08. The van der Waals surface area contributed by atoms with E-state index in [-0.39, 0.29) is 17.1 Å². The number of carboxylic acids is 1. The second-order valence-electron chi connectivity index (χ2n) is 3.52. The predicted molar refractivity (Wildman–Crippen MR) is 61.2 cm³/mol. The Labute approximate surface area is 111 Å². The molecule has 6 nitrogen and oxygen atoms in total. The molecule has 0 aliphatic carbocycles. The van der Waals surface area contributed by atoms with Crippen LogP contribution >= 0.6 is 0 Å². The average molecular weight is 293 g/mol. The second kappa shape index (κ2) is 5.68. The monoisotopic (exact) mass is 293 g/mol. The Balaban J connectivity index is 3.32. The fraction of sp³-hybridized carbons (Fsp3) is 0.273. The molecule has 9 heteroatoms. The maximum atomic E-state index is 12.2. The molecule has 0 saturated heterocycles. The molecule has 0 bridgehead atoms. The van der Waals surface area contributed by atoms with E-state index in [9.17, 15) is 22.8 Å². The van der Waals surface area contributed by atoms with Crippen molar-refractivity contribution in [2.24, 2.45) is 0 Å². The van der Waals surface area contributed by atoms with Crippen LogP contribution in [0, 0.1) is 0 Å². The van der Waals surface area contributed by atoms with Gasteiger partial charge in [-0.3, -0.25) is 4.79 Å². The number of benzene rings is 1. The number of hydrogen-bond acceptors (Lipinski definition) is 4. The number of anilines is 1. The Kier molecular flexibility index (Phi) is 4.43. The van der Waals surface area contributed by atoms with Crippen LogP contribution in [-0.2, 0) is 4.79 Å². The molecule has 0 fully saturated rings. The first kappa shape index (κ1) is 15.6. The van der Waals surface area contributed by atoms with Crippen LogP contribution in [0.25, 0.3) is 0 Å². The molecule has 0 aliphatic heterocycles. The number of rotatable bonds is 4. The van der Waals surface area contributed by atoms with Crippen LogP contribution < -0.4 is 14.8 Å². The van der Waals surface area contributed by atoms with Gasteiger partial charge in [-0.1, -0.05) is 0 Å². The molecule has 1 aromatic rings. The number of carbonyl (C=O) groups is 2. The van der Waals surface area contributed by atoms with Crippen LogP contribution in [0.1, 0.15) is 10.4 Å². The summed E-state index contributed by atoms with van der Waals surface area (Å²) in [5, 5.41) is 10.4. The van der Waals surface area contributed by atoms with Crippen LogP contribution in [0.2, 0.25) is 0 Å². The number of ether oxygens (including phenoxy) is 2. The van der Waals surface area contributed by atoms with Gasteiger partial charge in [0.1, 0.15) is 0 Å². The van der Waals surface area contributed by atoms with Gasteiger partial charge in [-0.25, -0.2) is 4.79 Å². The molecule has 0 aromatic heterocycles. The summed E-state index contributed by atoms with van der Waals surface area (Å²) < 4.78 is 46.3. The number of nitrogens with one attached hydrogen (secondary N) is 1. The third-order valence-corrected chi connectivity index (χ3v) is 2.23. The smallest absolute Gasteiger partial charge is 0.471 e. The second-order valence-corrected chi connectivity index (χ2v) is 3.52. The van der Waals surface area contributed by atoms with Crippen molar-refractivity contribution in [1.29, 1.82) is 0 Å². The number of carboxylic acid groups (broad SMARTS) is 1. The van der Waals surface area contributed by atoms with Gasteiger partial charge in [0.15, 0.2) is 11.5 Å². The summed E-state index contributed by atoms with van der Waals surface area (Å²) in [5.41, 5.74) is -0.813. The minimum Gasteiger partial charge on any atom is -0.493 e. The lowest BCUT2D eigenvalue weighted by atomic mass is 10.1. The zero-order valence-corrected chi connectivity index (χ0v) is 10.4. The Hall–Kier alpha value is -2.45. The van der Waals surface area contributed by atoms with E-state index < -0.39 is 23.7 Å². The highest BCUT2D eigenvalue weighted by molar-refractivity contribution is 5.99. The fourth-order valence-corrected chi connectivity index (χ4v) is 1.37. The van der Waals surface area contributed by atoms with Gasteiger partial charge in [-0.15, -0.1) is 0 Å². The number of hydrogen-bond donors (Lipinski definition) is 2. The largest absolute Gasteiger partial charge is 0.493 e. The summed E-state index contributed by atoms with van der Waals surface area (Å²) >= 11 is 0. The van der Waals surface area contributed by atoms with Crippen molar-refractivity contribution in [3.8, 4) is 11.5 Å². The third kappa shape index (κ3) is 3.31. The minimum atomic E-state index is -5.11. The summed E-state index contributed by atoms with van der Waals surface area (Å²) in [4.78, 5) is 21.8. The lowest BCUT2D eigenvalue weighted by molar-refractivity contribution is -0.167. The zero-order valence-electron chi connectivity index (χ0n) is 10.4. The van der Waals surface area contributed by atoms with Crippen LogP contribution in [-0.4, -0.2) is 37.4 Å². The molecule has 0 spiro atoms. The van der Waals surface area contributed by atoms with Crippen molar-refractivity contribution in [3.63, 3.8) is 0 Å². The van der Waals surface area contributed by atoms with E-state index in [0.717, 1.165) is 19.2 Å². The minimum absolute atomic E-state index is 0.120. The fourth-order valence-electron chi connectivity index (χ4n) is 1.37. The maximum absolute atomic E-state index is 12.2. The van der Waals surface area contributed by atoms with Crippen molar-refractivity contribution in [2.75, 3.05) is 19.5 Å². The molecular weight excluding hydrogens is 283 g/mol. The van der Waals surface area contributed by atoms with E-state index in [4.69, 9.17) is 14.6 Å². The van der Waals surface area contributed by atoms with Crippen molar-refractivity contribution in [1.82, 2.24) is 0 Å². The lowest BCUT2D eigenvalue weighted by Crippen LogP contribution is -2.30. The Morgan fingerprint density at radius 2 is 1.80 bits per heavy atom. The van der Waals surface area contributed by atoms with Gasteiger partial charge in [0.2, 0.25) is 0 Å². The highest BCUT2D eigenvalue weighted by Gasteiger charge is 2.39. The van der Waals surface area contributed by atoms with Gasteiger partial charge in [0.25, 0.3) is 0 Å². The number of halogens is 3. The maximum Gasteiger partial charge on any atom is 0.471 e. The van der Waals surface area contributed by atoms with Crippen LogP contribution in [0.4, 0.5) is 18.9 Å². The summed E-state index contributed by atoms with van der Waals surface area (Å²) in [6, 6.07) is 1.90. The molecule has 0 aliphatic rings. The van der Waals surface area contributed by atoms with E-state index in [2.05, 4.69) is 0 Å². The SMILES string of the molecule is COc1cc(C(=O)O)cc(NC(=O)C(F)(F)F)c1OC. The lowest BCUT2D eigenvalue weighted by Gasteiger charge is -2.15. The summed E-state index contributed by atoms with van der Waals surface area (Å²) in [6.45, 7) is 0. The molecule has 1 rings (SSSR count). The van der Waals surface area contributed by atoms with Gasteiger partial charge in [0.05, 0.1) is 25.5 Å². The molecule has 0 atom stereocenters. The van der Waals surface area contributed by atoms with Gasteiger partial charge in [-0.05, 0) is 12.1 Å². The van der Waals surface area contributed by atoms with E-state index in [1.807, 2.05) is 0 Å². The van der Waals surface area contributed by atoms with Crippen molar-refractivity contribution >= 4 is 17.6 Å². The average Bonchev–Trinajstić information content (AvgIpc) is 2.36. The highest BCUT2D eigenvalue weighted by atomic mass is 19.4. The molecule has 1 aromatic carbocycles. The van der Waals surface area contributed by atoms with E-state index in [0.29, 0.717) is 0 Å². The Morgan fingerprint density at radius 3 is 2.20 bits per heavy atom. The van der Waals surface area contributed by atoms with Crippen molar-refractivity contribution in [3.05, 3.63) is 17.7 Å². The van der Waals surface area contributed by atoms with Gasteiger partial charge < -0.3 is 19.9 Å². The number of carbonyl (C=O) groups excluding carboxylic acids is 1. The molecule has 0 unspecified atom stereocenters. The van der Waals surface area contributed by atoms with E-state index >= 15 is 0 Å². The Bertz CT molecular complexity index is 542. The molecule has 20 heavy (non-hydrogen) atoms. The first-order valence-electron chi connectivity index (χ1n) is 5.08. The molecule has 0 heterocycles. The normalized spacial score (nSPS) is 10.8. The molecule has 2 N–H and O–H groups in total. The number of alkyl halides is 3. The summed E-state index contributed by atoms with van der Waals surface area (Å²) in [5.74, 6) is -3.98. The highest BCUT2D eigenvalue weighted by Crippen LogP contribution is 2.37. The van der Waals surface area contributed by atoms with Crippen molar-refractivity contribution < 1.29 is 37.3 Å². The summed E-state index contributed by atoms with van der Waals surface area (Å²) in [7, 11) is 2.32. The number of amides is 1. The van der Waals surface area contributed by atoms with Crippen LogP contribution in [0.5, 0.6) is 11.5 Å². The van der Waals surface area contributed by atoms with Gasteiger partial charge in [-0.2, -0.15) is 13.2 Å². The first-order chi connectivity index (χ1) is 9.20. The van der Waals surface area contributed by atoms with Crippen molar-refractivity contribution in [2.45, 2.75) is 6.18 Å². The van der Waals surface area contributed by atoms with Gasteiger partial charge >= 0.3 is 18.1 Å². The summed E-state index contributed by atoms with van der Waals surface area (Å²) in [6.07, 6.45) is -5.11. The standard InChI is InChI=1S/C11H10F3NO5/c1-19-7-4-5(9(16)17)3-6(8(7)20-2)15-10(18)11(12,13)14/h3-4H,1-2H3,(H,15,18)(H,16,17). The van der Waals surface area contributed by atoms with Crippen LogP contribution in [0.15, 0.2) is 12.1 Å². The third-order valence-electron chi connectivity index (χ3n) is 2.23. The van der Waals surface area contributed by atoms with Crippen LogP contribution in [0.3, 0.4) is 0 Å². The Morgan fingerprint density at radius 1 is 1.20 bits per heavy atom. The quantitative estimate of drug-likeness (QED) is 0.885. The zero-order chi connectivity index (χ0) is 15.5. The predicted octanol–water partition coefficient (Wildman–Crippen LogP) is 1.90. The number of aromatic carboxylic acids is 1. The molecule has 110 valence electrons. The van der Waals surface area contributed by atoms with E-state index in [1.165, 1.54) is 12.4 Å². The number of methoxy groups -OCH3 is 2. The molecule has 0 radical (unpaired) electrons.